The first-order chi connectivity index (χ1) is 9.01. The lowest BCUT2D eigenvalue weighted by molar-refractivity contribution is -0.145. The maximum Gasteiger partial charge on any atom is 0.328 e. The topological polar surface area (TPSA) is 73.9 Å². The van der Waals surface area contributed by atoms with Crippen molar-refractivity contribution >= 4 is 11.9 Å². The van der Waals surface area contributed by atoms with Crippen LogP contribution in [0.4, 0.5) is 0 Å². The third-order valence-electron chi connectivity index (χ3n) is 2.25. The Morgan fingerprint density at radius 2 is 1.89 bits per heavy atom. The molecule has 0 fully saturated rings. The zero-order valence-corrected chi connectivity index (χ0v) is 12.0. The molecule has 0 rings (SSSR count). The van der Waals surface area contributed by atoms with Crippen LogP contribution in [0.3, 0.4) is 0 Å². The van der Waals surface area contributed by atoms with Crippen LogP contribution >= 0.6 is 0 Å². The van der Waals surface area contributed by atoms with Crippen LogP contribution < -0.4 is 5.32 Å². The molecule has 0 aromatic carbocycles. The normalized spacial score (nSPS) is 11.6. The summed E-state index contributed by atoms with van der Waals surface area (Å²) in [6.07, 6.45) is 2.27. The number of hydrogen-bond acceptors (Lipinski definition) is 5. The van der Waals surface area contributed by atoms with Crippen molar-refractivity contribution in [1.82, 2.24) is 5.32 Å². The second-order valence-corrected chi connectivity index (χ2v) is 4.21. The van der Waals surface area contributed by atoms with Gasteiger partial charge in [0.15, 0.2) is 0 Å². The highest BCUT2D eigenvalue weighted by atomic mass is 16.5. The molecule has 6 heteroatoms. The van der Waals surface area contributed by atoms with Crippen LogP contribution in [0.25, 0.3) is 0 Å². The van der Waals surface area contributed by atoms with Crippen molar-refractivity contribution in [3.05, 3.63) is 11.6 Å². The molecule has 0 spiro atoms. The number of rotatable bonds is 9. The van der Waals surface area contributed by atoms with E-state index < -0.39 is 12.0 Å². The van der Waals surface area contributed by atoms with Gasteiger partial charge in [0.05, 0.1) is 20.3 Å². The van der Waals surface area contributed by atoms with Crippen molar-refractivity contribution in [3.8, 4) is 0 Å². The Balaban J connectivity index is 4.19. The van der Waals surface area contributed by atoms with Gasteiger partial charge in [-0.3, -0.25) is 4.79 Å². The average molecular weight is 273 g/mol. The smallest absolute Gasteiger partial charge is 0.328 e. The van der Waals surface area contributed by atoms with Gasteiger partial charge in [0, 0.05) is 7.11 Å². The minimum Gasteiger partial charge on any atom is -0.467 e. The van der Waals surface area contributed by atoms with Crippen molar-refractivity contribution in [2.45, 2.75) is 26.3 Å². The molecular weight excluding hydrogens is 250 g/mol. The fourth-order valence-electron chi connectivity index (χ4n) is 1.25. The second kappa shape index (κ2) is 10.5. The lowest BCUT2D eigenvalue weighted by Gasteiger charge is -2.15. The Kier molecular flexibility index (Phi) is 9.74. The highest BCUT2D eigenvalue weighted by Crippen LogP contribution is 2.01. The highest BCUT2D eigenvalue weighted by molar-refractivity contribution is 5.85. The summed E-state index contributed by atoms with van der Waals surface area (Å²) in [6.45, 7) is 4.49. The molecule has 110 valence electrons. The summed E-state index contributed by atoms with van der Waals surface area (Å²) in [7, 11) is 2.84. The van der Waals surface area contributed by atoms with Crippen molar-refractivity contribution in [3.63, 3.8) is 0 Å². The standard InChI is InChI=1S/C13H23NO5/c1-10(2)5-6-11(13(16)18-4)14-12(15)9-19-8-7-17-3/h5,11H,6-9H2,1-4H3,(H,14,15)/t11-/m1/s1. The number of carbonyl (C=O) groups is 2. The lowest BCUT2D eigenvalue weighted by Crippen LogP contribution is -2.43. The molecule has 0 aliphatic heterocycles. The van der Waals surface area contributed by atoms with E-state index in [1.807, 2.05) is 19.9 Å². The predicted octanol–water partition coefficient (Wildman–Crippen LogP) is 0.663. The first-order valence-corrected chi connectivity index (χ1v) is 6.08. The first kappa shape index (κ1) is 17.6. The molecule has 0 aliphatic carbocycles. The molecule has 1 atom stereocenters. The molecule has 0 unspecified atom stereocenters. The Hall–Kier alpha value is -1.40. The minimum atomic E-state index is -0.682. The maximum atomic E-state index is 11.6. The van der Waals surface area contributed by atoms with Crippen LogP contribution in [0.1, 0.15) is 20.3 Å². The Labute approximate surface area is 114 Å². The molecule has 0 saturated heterocycles. The molecule has 6 nitrogen and oxygen atoms in total. The van der Waals surface area contributed by atoms with Crippen molar-refractivity contribution < 1.29 is 23.8 Å². The van der Waals surface area contributed by atoms with Gasteiger partial charge in [-0.15, -0.1) is 0 Å². The van der Waals surface area contributed by atoms with Gasteiger partial charge in [-0.2, -0.15) is 0 Å². The molecule has 1 amide bonds. The maximum absolute atomic E-state index is 11.6. The first-order valence-electron chi connectivity index (χ1n) is 6.08. The van der Waals surface area contributed by atoms with Crippen molar-refractivity contribution in [2.24, 2.45) is 0 Å². The van der Waals surface area contributed by atoms with E-state index in [0.717, 1.165) is 5.57 Å². The molecule has 1 N–H and O–H groups in total. The number of methoxy groups -OCH3 is 2. The number of amides is 1. The van der Waals surface area contributed by atoms with Gasteiger partial charge in [-0.05, 0) is 20.3 Å². The summed E-state index contributed by atoms with van der Waals surface area (Å²) in [5, 5.41) is 2.58. The van der Waals surface area contributed by atoms with E-state index >= 15 is 0 Å². The van der Waals surface area contributed by atoms with Crippen molar-refractivity contribution in [2.75, 3.05) is 34.0 Å². The Morgan fingerprint density at radius 1 is 1.21 bits per heavy atom. The van der Waals surface area contributed by atoms with E-state index in [2.05, 4.69) is 10.1 Å². The van der Waals surface area contributed by atoms with E-state index in [0.29, 0.717) is 19.6 Å². The Bertz CT molecular complexity index is 310. The van der Waals surface area contributed by atoms with E-state index in [1.165, 1.54) is 7.11 Å². The van der Waals surface area contributed by atoms with Gasteiger partial charge in [-0.25, -0.2) is 4.79 Å². The fraction of sp³-hybridized carbons (Fsp3) is 0.692. The number of nitrogens with one attached hydrogen (secondary N) is 1. The van der Waals surface area contributed by atoms with E-state index in [1.54, 1.807) is 7.11 Å². The fourth-order valence-corrected chi connectivity index (χ4v) is 1.25. The largest absolute Gasteiger partial charge is 0.467 e. The molecule has 19 heavy (non-hydrogen) atoms. The van der Waals surface area contributed by atoms with Gasteiger partial charge in [-0.1, -0.05) is 11.6 Å². The summed E-state index contributed by atoms with van der Waals surface area (Å²) >= 11 is 0. The van der Waals surface area contributed by atoms with Gasteiger partial charge < -0.3 is 19.5 Å². The summed E-state index contributed by atoms with van der Waals surface area (Å²) < 4.78 is 14.5. The van der Waals surface area contributed by atoms with Crippen LogP contribution in [0.15, 0.2) is 11.6 Å². The van der Waals surface area contributed by atoms with E-state index in [-0.39, 0.29) is 12.5 Å². The van der Waals surface area contributed by atoms with Crippen LogP contribution in [0.5, 0.6) is 0 Å². The van der Waals surface area contributed by atoms with Gasteiger partial charge >= 0.3 is 5.97 Å². The summed E-state index contributed by atoms with van der Waals surface area (Å²) in [5.41, 5.74) is 1.07. The SMILES string of the molecule is COCCOCC(=O)N[C@H](CC=C(C)C)C(=O)OC. The molecule has 0 saturated carbocycles. The summed E-state index contributed by atoms with van der Waals surface area (Å²) in [4.78, 5) is 23.1. The third-order valence-corrected chi connectivity index (χ3v) is 2.25. The van der Waals surface area contributed by atoms with Gasteiger partial charge in [0.25, 0.3) is 0 Å². The number of carbonyl (C=O) groups excluding carboxylic acids is 2. The number of esters is 1. The van der Waals surface area contributed by atoms with Crippen LogP contribution in [0.2, 0.25) is 0 Å². The Morgan fingerprint density at radius 3 is 2.42 bits per heavy atom. The predicted molar refractivity (Wildman–Crippen MR) is 70.7 cm³/mol. The average Bonchev–Trinajstić information content (AvgIpc) is 2.38. The lowest BCUT2D eigenvalue weighted by atomic mass is 10.1. The second-order valence-electron chi connectivity index (χ2n) is 4.21. The monoisotopic (exact) mass is 273 g/mol. The minimum absolute atomic E-state index is 0.105. The molecule has 0 aliphatic rings. The quantitative estimate of drug-likeness (QED) is 0.379. The van der Waals surface area contributed by atoms with E-state index in [9.17, 15) is 9.59 Å². The number of ether oxygens (including phenoxy) is 3. The van der Waals surface area contributed by atoms with Crippen LogP contribution in [-0.2, 0) is 23.8 Å². The zero-order valence-electron chi connectivity index (χ0n) is 12.0. The molecular formula is C13H23NO5. The molecule has 0 bridgehead atoms. The molecule has 0 aromatic heterocycles. The molecule has 0 radical (unpaired) electrons. The number of hydrogen-bond donors (Lipinski definition) is 1. The summed E-state index contributed by atoms with van der Waals surface area (Å²) in [6, 6.07) is -0.682. The number of allylic oxidation sites excluding steroid dienone is 1. The van der Waals surface area contributed by atoms with Gasteiger partial charge in [0.1, 0.15) is 12.6 Å². The van der Waals surface area contributed by atoms with E-state index in [4.69, 9.17) is 9.47 Å². The summed E-state index contributed by atoms with van der Waals surface area (Å²) in [5.74, 6) is -0.823. The van der Waals surface area contributed by atoms with Crippen LogP contribution in [0, 0.1) is 0 Å². The zero-order chi connectivity index (χ0) is 14.7. The molecule has 0 heterocycles. The van der Waals surface area contributed by atoms with Crippen molar-refractivity contribution in [1.29, 1.82) is 0 Å². The highest BCUT2D eigenvalue weighted by Gasteiger charge is 2.20. The van der Waals surface area contributed by atoms with Gasteiger partial charge in [0.2, 0.25) is 5.91 Å². The molecule has 0 aromatic rings. The third kappa shape index (κ3) is 9.21. The van der Waals surface area contributed by atoms with Crippen LogP contribution in [-0.4, -0.2) is 52.0 Å².